The Hall–Kier alpha value is -16.5. The van der Waals surface area contributed by atoms with Crippen molar-refractivity contribution in [3.05, 3.63) is 362 Å². The number of alkyl halides is 3. The second-order valence-corrected chi connectivity index (χ2v) is 28.2. The first-order chi connectivity index (χ1) is 58.0. The Balaban J connectivity index is 0.923. The summed E-state index contributed by atoms with van der Waals surface area (Å²) in [4.78, 5) is 61.8. The second kappa shape index (κ2) is 29.5. The molecule has 16 nitrogen and oxygen atoms in total. The van der Waals surface area contributed by atoms with Crippen molar-refractivity contribution in [2.24, 2.45) is 0 Å². The number of hydrogen-bond donors (Lipinski definition) is 0. The molecule has 0 radical (unpaired) electrons. The molecule has 0 bridgehead atoms. The molecular formula is C99H57F3N16. The molecule has 554 valence electrons. The van der Waals surface area contributed by atoms with Crippen molar-refractivity contribution >= 4 is 43.6 Å². The van der Waals surface area contributed by atoms with Gasteiger partial charge in [-0.3, -0.25) is 0 Å². The van der Waals surface area contributed by atoms with Gasteiger partial charge in [0, 0.05) is 93.9 Å². The van der Waals surface area contributed by atoms with Crippen molar-refractivity contribution in [1.29, 1.82) is 10.5 Å². The second-order valence-electron chi connectivity index (χ2n) is 28.2. The highest BCUT2D eigenvalue weighted by Crippen LogP contribution is 2.47. The van der Waals surface area contributed by atoms with Crippen molar-refractivity contribution in [2.45, 2.75) is 6.18 Å². The van der Waals surface area contributed by atoms with Crippen LogP contribution in [0.4, 0.5) is 13.2 Å². The normalized spacial score (nSPS) is 11.5. The van der Waals surface area contributed by atoms with Crippen LogP contribution in [0.1, 0.15) is 16.7 Å². The number of aromatic nitrogens is 14. The SMILES string of the molecule is N#Cc1cc(-c2c(-n3c4cc(-c5nc(-c6ccccc6)nc(-c6ccccc6)n5)ccc4c4ccc(-c5nc(-c6ccccc6)nc(-c6ccccc6)n5)cc43)cc(C#N)cc2-n2c3cc(-c4nc(-c5ccccc5)nc(-c5ccccc5)n4)ccc3c3ccc(-c4nc(-c5ccccc5)nc(-c5ccccc5)n4)cc32)cc(C(F)(F)F)c1. The summed E-state index contributed by atoms with van der Waals surface area (Å²) in [5, 5.41) is 25.9. The lowest BCUT2D eigenvalue weighted by Gasteiger charge is -2.22. The number of rotatable bonds is 15. The van der Waals surface area contributed by atoms with Gasteiger partial charge in [0.25, 0.3) is 0 Å². The molecule has 0 saturated carbocycles. The van der Waals surface area contributed by atoms with E-state index in [-0.39, 0.29) is 33.6 Å². The van der Waals surface area contributed by atoms with E-state index < -0.39 is 11.7 Å². The van der Waals surface area contributed by atoms with E-state index in [2.05, 4.69) is 12.1 Å². The third-order valence-electron chi connectivity index (χ3n) is 20.8. The molecule has 0 aliphatic carbocycles. The third-order valence-corrected chi connectivity index (χ3v) is 20.8. The molecule has 0 unspecified atom stereocenters. The third kappa shape index (κ3) is 13.3. The largest absolute Gasteiger partial charge is 0.416 e. The van der Waals surface area contributed by atoms with Gasteiger partial charge in [-0.05, 0) is 60.2 Å². The molecule has 0 amide bonds. The zero-order valence-electron chi connectivity index (χ0n) is 62.2. The van der Waals surface area contributed by atoms with Crippen molar-refractivity contribution in [3.63, 3.8) is 0 Å². The first-order valence-corrected chi connectivity index (χ1v) is 37.8. The van der Waals surface area contributed by atoms with E-state index >= 15 is 13.2 Å². The Bertz CT molecular complexity index is 6420. The van der Waals surface area contributed by atoms with Crippen LogP contribution in [0.3, 0.4) is 0 Å². The molecule has 0 saturated heterocycles. The average Bonchev–Trinajstić information content (AvgIpc) is 1.55. The molecule has 6 heterocycles. The first kappa shape index (κ1) is 70.6. The highest BCUT2D eigenvalue weighted by Gasteiger charge is 2.34. The number of benzene rings is 14. The zero-order valence-corrected chi connectivity index (χ0v) is 62.2. The Morgan fingerprint density at radius 2 is 0.415 bits per heavy atom. The molecular weight excluding hydrogens is 1470 g/mol. The summed E-state index contributed by atoms with van der Waals surface area (Å²) in [5.41, 5.74) is 9.60. The summed E-state index contributed by atoms with van der Waals surface area (Å²) in [6, 6.07) is 112. The zero-order chi connectivity index (χ0) is 79.4. The van der Waals surface area contributed by atoms with Gasteiger partial charge < -0.3 is 9.13 Å². The molecule has 19 heteroatoms. The maximum absolute atomic E-state index is 16.2. The van der Waals surface area contributed by atoms with E-state index in [9.17, 15) is 10.5 Å². The van der Waals surface area contributed by atoms with Crippen LogP contribution < -0.4 is 0 Å². The lowest BCUT2D eigenvalue weighted by atomic mass is 9.94. The Morgan fingerprint density at radius 1 is 0.212 bits per heavy atom. The van der Waals surface area contributed by atoms with Crippen LogP contribution >= 0.6 is 0 Å². The molecule has 118 heavy (non-hydrogen) atoms. The van der Waals surface area contributed by atoms with Gasteiger partial charge >= 0.3 is 6.18 Å². The fraction of sp³-hybridized carbons (Fsp3) is 0.0101. The molecule has 20 rings (SSSR count). The maximum Gasteiger partial charge on any atom is 0.416 e. The van der Waals surface area contributed by atoms with Crippen LogP contribution in [0.15, 0.2) is 346 Å². The monoisotopic (exact) mass is 1530 g/mol. The van der Waals surface area contributed by atoms with Crippen LogP contribution in [-0.2, 0) is 6.18 Å². The van der Waals surface area contributed by atoms with E-state index in [1.54, 1.807) is 12.1 Å². The minimum atomic E-state index is -4.98. The predicted octanol–water partition coefficient (Wildman–Crippen LogP) is 23.1. The summed E-state index contributed by atoms with van der Waals surface area (Å²) in [7, 11) is 0. The molecule has 0 spiro atoms. The molecule has 0 aliphatic rings. The summed E-state index contributed by atoms with van der Waals surface area (Å²) in [5.74, 6) is 4.54. The minimum absolute atomic E-state index is 0.0182. The summed E-state index contributed by atoms with van der Waals surface area (Å²) < 4.78 is 52.5. The van der Waals surface area contributed by atoms with Gasteiger partial charge in [-0.15, -0.1) is 0 Å². The van der Waals surface area contributed by atoms with Crippen LogP contribution in [0.2, 0.25) is 0 Å². The Labute approximate surface area is 672 Å². The van der Waals surface area contributed by atoms with E-state index in [0.29, 0.717) is 136 Å². The number of hydrogen-bond acceptors (Lipinski definition) is 14. The van der Waals surface area contributed by atoms with E-state index in [4.69, 9.17) is 59.8 Å². The van der Waals surface area contributed by atoms with E-state index in [1.165, 1.54) is 6.07 Å². The fourth-order valence-electron chi connectivity index (χ4n) is 15.2. The number of halogens is 3. The predicted molar refractivity (Wildman–Crippen MR) is 454 cm³/mol. The lowest BCUT2D eigenvalue weighted by Crippen LogP contribution is -2.08. The summed E-state index contributed by atoms with van der Waals surface area (Å²) in [6.45, 7) is 0. The summed E-state index contributed by atoms with van der Waals surface area (Å²) in [6.07, 6.45) is -4.98. The van der Waals surface area contributed by atoms with Gasteiger partial charge in [-0.1, -0.05) is 291 Å². The van der Waals surface area contributed by atoms with Gasteiger partial charge in [0.15, 0.2) is 69.9 Å². The maximum atomic E-state index is 16.2. The van der Waals surface area contributed by atoms with Crippen LogP contribution in [0.25, 0.3) is 203 Å². The van der Waals surface area contributed by atoms with Crippen molar-refractivity contribution in [3.8, 4) is 171 Å². The Morgan fingerprint density at radius 3 is 0.619 bits per heavy atom. The van der Waals surface area contributed by atoms with Crippen molar-refractivity contribution < 1.29 is 13.2 Å². The van der Waals surface area contributed by atoms with Gasteiger partial charge in [0.05, 0.1) is 62.3 Å². The highest BCUT2D eigenvalue weighted by molar-refractivity contribution is 6.14. The first-order valence-electron chi connectivity index (χ1n) is 37.8. The van der Waals surface area contributed by atoms with Crippen LogP contribution in [0.5, 0.6) is 0 Å². The molecule has 0 aliphatic heterocycles. The number of nitriles is 2. The topological polar surface area (TPSA) is 212 Å². The number of nitrogens with zero attached hydrogens (tertiary/aromatic N) is 16. The van der Waals surface area contributed by atoms with Gasteiger partial charge in [0.2, 0.25) is 0 Å². The molecule has 6 aromatic heterocycles. The molecule has 20 aromatic rings. The molecule has 14 aromatic carbocycles. The molecule has 0 N–H and O–H groups in total. The van der Waals surface area contributed by atoms with Crippen molar-refractivity contribution in [2.75, 3.05) is 0 Å². The quantitative estimate of drug-likeness (QED) is 0.0934. The van der Waals surface area contributed by atoms with Gasteiger partial charge in [-0.25, -0.2) is 59.8 Å². The van der Waals surface area contributed by atoms with Crippen molar-refractivity contribution in [1.82, 2.24) is 68.9 Å². The van der Waals surface area contributed by atoms with Gasteiger partial charge in [0.1, 0.15) is 0 Å². The van der Waals surface area contributed by atoms with E-state index in [0.717, 1.165) is 56.6 Å². The standard InChI is InChI=1S/C99H57F3N16/c100-99(101,102)75-50-60(58-103)49-74(53-75)86-84(117-80-54-70(95-109-87(62-25-9-1-10-26-62)105-88(110-95)63-27-11-2-12-28-63)41-45-76(80)77-46-42-71(55-81(77)117)96-111-89(64-29-13-3-14-30-64)106-90(112-96)65-31-15-4-16-32-65)51-61(59-104)52-85(86)118-82-56-72(97-113-91(66-33-17-5-18-34-66)107-92(114-97)67-35-19-6-20-36-67)43-47-78(82)79-48-44-73(57-83(79)118)98-115-93(68-37-21-7-22-38-68)108-94(116-98)69-39-23-8-24-40-69/h1-57H. The molecule has 0 fully saturated rings. The fourth-order valence-corrected chi connectivity index (χ4v) is 15.2. The van der Waals surface area contributed by atoms with E-state index in [1.807, 2.05) is 325 Å². The Kier molecular flexibility index (Phi) is 17.7. The summed E-state index contributed by atoms with van der Waals surface area (Å²) >= 11 is 0. The molecule has 0 atom stereocenters. The highest BCUT2D eigenvalue weighted by atomic mass is 19.4. The van der Waals surface area contributed by atoms with Crippen LogP contribution in [0, 0.1) is 22.7 Å². The smallest absolute Gasteiger partial charge is 0.308 e. The van der Waals surface area contributed by atoms with Crippen LogP contribution in [-0.4, -0.2) is 68.9 Å². The van der Waals surface area contributed by atoms with Gasteiger partial charge in [-0.2, -0.15) is 23.7 Å². The average molecular weight is 1530 g/mol. The minimum Gasteiger partial charge on any atom is -0.308 e. The lowest BCUT2D eigenvalue weighted by molar-refractivity contribution is -0.137. The number of fused-ring (bicyclic) bond motifs is 6.